The molecule has 0 aromatic carbocycles. The largest absolute Gasteiger partial charge is 1.00 e. The Morgan fingerprint density at radius 2 is 2.45 bits per heavy atom. The molecule has 11 heavy (non-hydrogen) atoms. The second-order valence-electron chi connectivity index (χ2n) is 2.04. The molecule has 1 aromatic heterocycles. The molecule has 6 heteroatoms. The van der Waals surface area contributed by atoms with Crippen molar-refractivity contribution in [1.29, 1.82) is 0 Å². The van der Waals surface area contributed by atoms with Crippen molar-refractivity contribution in [2.45, 2.75) is 0 Å². The summed E-state index contributed by atoms with van der Waals surface area (Å²) in [4.78, 5) is 4.19. The lowest BCUT2D eigenvalue weighted by Crippen LogP contribution is -3.00. The standard InChI is InChI=1S/C5H7N5.ClH/c1-2-7-5(6-1)10-3-8-9-4-10;/h3-4H,1-2H2,(H,6,7);1H. The van der Waals surface area contributed by atoms with Gasteiger partial charge in [-0.15, -0.1) is 0 Å². The first-order valence-electron chi connectivity index (χ1n) is 3.15. The molecule has 0 saturated carbocycles. The normalized spacial score (nSPS) is 15.1. The van der Waals surface area contributed by atoms with E-state index in [-0.39, 0.29) is 12.4 Å². The van der Waals surface area contributed by atoms with Gasteiger partial charge in [-0.05, 0) is 5.10 Å². The minimum atomic E-state index is 0. The molecular weight excluding hydrogens is 166 g/mol. The first-order chi connectivity index (χ1) is 4.97. The number of aliphatic imine (C=N–C) groups is 1. The van der Waals surface area contributed by atoms with Crippen LogP contribution in [0.1, 0.15) is 0 Å². The first kappa shape index (κ1) is 8.00. The lowest BCUT2D eigenvalue weighted by molar-refractivity contribution is -0.558. The average Bonchev–Trinajstić information content (AvgIpc) is 2.59. The van der Waals surface area contributed by atoms with Gasteiger partial charge in [0, 0.05) is 0 Å². The highest BCUT2D eigenvalue weighted by Gasteiger charge is 2.12. The fraction of sp³-hybridized carbons (Fsp3) is 0.400. The van der Waals surface area contributed by atoms with Gasteiger partial charge in [0.15, 0.2) is 6.33 Å². The third-order valence-electron chi connectivity index (χ3n) is 1.35. The summed E-state index contributed by atoms with van der Waals surface area (Å²) in [5.74, 6) is 0.869. The maximum atomic E-state index is 4.19. The number of halogens is 1. The maximum Gasteiger partial charge on any atom is 0.320 e. The Morgan fingerprint density at radius 1 is 1.55 bits per heavy atom. The number of rotatable bonds is 0. The van der Waals surface area contributed by atoms with E-state index in [0.29, 0.717) is 0 Å². The Morgan fingerprint density at radius 3 is 3.00 bits per heavy atom. The summed E-state index contributed by atoms with van der Waals surface area (Å²) in [6.07, 6.45) is 3.42. The molecule has 0 unspecified atom stereocenters. The van der Waals surface area contributed by atoms with E-state index in [1.165, 1.54) is 0 Å². The van der Waals surface area contributed by atoms with Crippen LogP contribution in [-0.2, 0) is 0 Å². The van der Waals surface area contributed by atoms with Crippen molar-refractivity contribution < 1.29 is 17.0 Å². The highest BCUT2D eigenvalue weighted by molar-refractivity contribution is 5.71. The van der Waals surface area contributed by atoms with Gasteiger partial charge in [-0.25, -0.2) is 0 Å². The minimum absolute atomic E-state index is 0. The molecule has 5 nitrogen and oxygen atoms in total. The summed E-state index contributed by atoms with van der Waals surface area (Å²) in [5, 5.41) is 9.59. The summed E-state index contributed by atoms with van der Waals surface area (Å²) in [7, 11) is 0. The second-order valence-corrected chi connectivity index (χ2v) is 2.04. The fourth-order valence-electron chi connectivity index (χ4n) is 0.899. The van der Waals surface area contributed by atoms with Crippen LogP contribution in [-0.4, -0.2) is 29.2 Å². The average molecular weight is 174 g/mol. The van der Waals surface area contributed by atoms with Crippen LogP contribution in [0.25, 0.3) is 0 Å². The van der Waals surface area contributed by atoms with Crippen LogP contribution >= 0.6 is 0 Å². The third-order valence-corrected chi connectivity index (χ3v) is 1.35. The third kappa shape index (κ3) is 1.48. The molecule has 0 bridgehead atoms. The van der Waals surface area contributed by atoms with Gasteiger partial charge in [0.25, 0.3) is 0 Å². The SMILES string of the molecule is [Cl-].c1n[nH]c[n+]1C1=NCCN1. The summed E-state index contributed by atoms with van der Waals surface area (Å²) in [6.45, 7) is 1.78. The molecule has 2 rings (SSSR count). The van der Waals surface area contributed by atoms with E-state index in [9.17, 15) is 0 Å². The zero-order valence-electron chi connectivity index (χ0n) is 5.79. The number of H-pyrrole nitrogens is 1. The molecular formula is C5H8ClN5. The van der Waals surface area contributed by atoms with Crippen molar-refractivity contribution in [1.82, 2.24) is 15.5 Å². The van der Waals surface area contributed by atoms with Crippen LogP contribution in [0, 0.1) is 0 Å². The van der Waals surface area contributed by atoms with Crippen molar-refractivity contribution in [3.8, 4) is 0 Å². The molecule has 0 fully saturated rings. The van der Waals surface area contributed by atoms with Gasteiger partial charge in [-0.2, -0.15) is 14.7 Å². The maximum absolute atomic E-state index is 4.19. The van der Waals surface area contributed by atoms with Crippen molar-refractivity contribution in [3.63, 3.8) is 0 Å². The lowest BCUT2D eigenvalue weighted by Gasteiger charge is -1.90. The number of aromatic amines is 1. The fourth-order valence-corrected chi connectivity index (χ4v) is 0.899. The van der Waals surface area contributed by atoms with Gasteiger partial charge in [-0.1, -0.05) is 0 Å². The van der Waals surface area contributed by atoms with E-state index in [4.69, 9.17) is 0 Å². The zero-order chi connectivity index (χ0) is 6.81. The molecule has 0 radical (unpaired) electrons. The quantitative estimate of drug-likeness (QED) is 0.389. The van der Waals surface area contributed by atoms with E-state index < -0.39 is 0 Å². The van der Waals surface area contributed by atoms with Gasteiger partial charge in [0.1, 0.15) is 6.54 Å². The summed E-state index contributed by atoms with van der Waals surface area (Å²) in [6, 6.07) is 0. The molecule has 0 amide bonds. The molecule has 1 aromatic rings. The van der Waals surface area contributed by atoms with Crippen molar-refractivity contribution in [3.05, 3.63) is 12.7 Å². The Labute approximate surface area is 69.9 Å². The molecule has 60 valence electrons. The topological polar surface area (TPSA) is 57.0 Å². The number of nitrogens with zero attached hydrogens (tertiary/aromatic N) is 3. The van der Waals surface area contributed by atoms with Crippen LogP contribution < -0.4 is 22.3 Å². The highest BCUT2D eigenvalue weighted by atomic mass is 35.5. The number of hydrogen-bond acceptors (Lipinski definition) is 3. The molecule has 1 aliphatic heterocycles. The Balaban J connectivity index is 0.000000605. The van der Waals surface area contributed by atoms with E-state index in [2.05, 4.69) is 20.5 Å². The van der Waals surface area contributed by atoms with Crippen LogP contribution in [0.4, 0.5) is 0 Å². The highest BCUT2D eigenvalue weighted by Crippen LogP contribution is 1.79. The predicted octanol–water partition coefficient (Wildman–Crippen LogP) is -4.49. The predicted molar refractivity (Wildman–Crippen MR) is 34.5 cm³/mol. The van der Waals surface area contributed by atoms with Crippen molar-refractivity contribution in [2.75, 3.05) is 13.1 Å². The van der Waals surface area contributed by atoms with E-state index in [1.54, 1.807) is 12.7 Å². The van der Waals surface area contributed by atoms with E-state index in [0.717, 1.165) is 19.0 Å². The minimum Gasteiger partial charge on any atom is -1.00 e. The van der Waals surface area contributed by atoms with Gasteiger partial charge in [-0.3, -0.25) is 0 Å². The van der Waals surface area contributed by atoms with Crippen LogP contribution in [0.3, 0.4) is 0 Å². The zero-order valence-corrected chi connectivity index (χ0v) is 6.54. The van der Waals surface area contributed by atoms with E-state index in [1.807, 2.05) is 4.57 Å². The number of nitrogens with one attached hydrogen (secondary N) is 2. The van der Waals surface area contributed by atoms with Gasteiger partial charge in [0.2, 0.25) is 6.33 Å². The summed E-state index contributed by atoms with van der Waals surface area (Å²) < 4.78 is 1.81. The molecule has 0 atom stereocenters. The molecule has 1 aliphatic rings. The molecule has 0 saturated heterocycles. The van der Waals surface area contributed by atoms with Gasteiger partial charge >= 0.3 is 5.96 Å². The van der Waals surface area contributed by atoms with Crippen LogP contribution in [0.2, 0.25) is 0 Å². The number of aromatic nitrogens is 3. The molecule has 2 heterocycles. The van der Waals surface area contributed by atoms with Crippen molar-refractivity contribution >= 4 is 5.96 Å². The van der Waals surface area contributed by atoms with Crippen molar-refractivity contribution in [2.24, 2.45) is 4.99 Å². The Bertz CT molecular complexity index is 241. The Hall–Kier alpha value is -1.10. The number of hydrogen-bond donors (Lipinski definition) is 2. The summed E-state index contributed by atoms with van der Waals surface area (Å²) in [5.41, 5.74) is 0. The lowest BCUT2D eigenvalue weighted by atomic mass is 10.7. The summed E-state index contributed by atoms with van der Waals surface area (Å²) >= 11 is 0. The molecule has 0 aliphatic carbocycles. The van der Waals surface area contributed by atoms with Gasteiger partial charge in [0.05, 0.1) is 6.54 Å². The smallest absolute Gasteiger partial charge is 0.320 e. The molecule has 0 spiro atoms. The van der Waals surface area contributed by atoms with Crippen LogP contribution in [0.15, 0.2) is 17.6 Å². The monoisotopic (exact) mass is 173 g/mol. The van der Waals surface area contributed by atoms with E-state index >= 15 is 0 Å². The van der Waals surface area contributed by atoms with Crippen LogP contribution in [0.5, 0.6) is 0 Å². The molecule has 2 N–H and O–H groups in total. The Kier molecular flexibility index (Phi) is 2.43. The van der Waals surface area contributed by atoms with Gasteiger partial charge < -0.3 is 17.7 Å². The second kappa shape index (κ2) is 3.34. The first-order valence-corrected chi connectivity index (χ1v) is 3.15.